The average molecular weight is 535 g/mol. The van der Waals surface area contributed by atoms with Gasteiger partial charge in [-0.1, -0.05) is 53.6 Å². The van der Waals surface area contributed by atoms with Gasteiger partial charge in [-0.25, -0.2) is 0 Å². The van der Waals surface area contributed by atoms with Crippen molar-refractivity contribution in [2.45, 2.75) is 39.2 Å². The Morgan fingerprint density at radius 1 is 0.950 bits per heavy atom. The second-order valence-corrected chi connectivity index (χ2v) is 11.1. The predicted octanol–water partition coefficient (Wildman–Crippen LogP) is 6.86. The predicted molar refractivity (Wildman–Crippen MR) is 157 cm³/mol. The van der Waals surface area contributed by atoms with Gasteiger partial charge in [-0.2, -0.15) is 0 Å². The summed E-state index contributed by atoms with van der Waals surface area (Å²) in [6.45, 7) is 4.62. The Morgan fingerprint density at radius 2 is 1.65 bits per heavy atom. The molecule has 0 aromatic heterocycles. The molecule has 2 amide bonds. The van der Waals surface area contributed by atoms with Crippen LogP contribution in [-0.2, 0) is 14.3 Å². The van der Waals surface area contributed by atoms with Gasteiger partial charge in [-0.05, 0) is 81.1 Å². The van der Waals surface area contributed by atoms with Crippen LogP contribution in [0.1, 0.15) is 38.7 Å². The number of imide groups is 1. The summed E-state index contributed by atoms with van der Waals surface area (Å²) in [7, 11) is 0. The minimum atomic E-state index is -0.378. The van der Waals surface area contributed by atoms with Gasteiger partial charge in [-0.3, -0.25) is 14.5 Å². The zero-order valence-electron chi connectivity index (χ0n) is 22.8. The highest BCUT2D eigenvalue weighted by Crippen LogP contribution is 2.50. The zero-order valence-corrected chi connectivity index (χ0v) is 22.8. The van der Waals surface area contributed by atoms with Gasteiger partial charge in [0.05, 0.1) is 30.2 Å². The first-order valence-corrected chi connectivity index (χ1v) is 14.0. The van der Waals surface area contributed by atoms with Gasteiger partial charge in [0, 0.05) is 22.9 Å². The van der Waals surface area contributed by atoms with Crippen LogP contribution in [0.2, 0.25) is 0 Å². The number of carbonyl (C=O) groups excluding carboxylic acids is 2. The smallest absolute Gasteiger partial charge is 0.238 e. The maximum absolute atomic E-state index is 13.8. The van der Waals surface area contributed by atoms with Crippen LogP contribution in [-0.4, -0.2) is 29.6 Å². The molecular formula is C34H34N2O4. The van der Waals surface area contributed by atoms with E-state index in [1.54, 1.807) is 6.07 Å². The number of rotatable bonds is 7. The van der Waals surface area contributed by atoms with E-state index in [2.05, 4.69) is 19.2 Å². The maximum atomic E-state index is 13.8. The van der Waals surface area contributed by atoms with E-state index < -0.39 is 0 Å². The number of fused-ring (bicyclic) bond motifs is 3. The van der Waals surface area contributed by atoms with E-state index in [-0.39, 0.29) is 41.4 Å². The lowest BCUT2D eigenvalue weighted by molar-refractivity contribution is -0.122. The molecule has 0 bridgehead atoms. The molecule has 0 saturated carbocycles. The van der Waals surface area contributed by atoms with Crippen LogP contribution >= 0.6 is 0 Å². The lowest BCUT2D eigenvalue weighted by atomic mass is 9.70. The average Bonchev–Trinajstić information content (AvgIpc) is 3.49. The third-order valence-corrected chi connectivity index (χ3v) is 8.48. The van der Waals surface area contributed by atoms with Gasteiger partial charge in [0.2, 0.25) is 11.8 Å². The van der Waals surface area contributed by atoms with E-state index in [4.69, 9.17) is 4.74 Å². The number of carbonyl (C=O) groups is 2. The second kappa shape index (κ2) is 10.8. The number of nitrogens with zero attached hydrogens (tertiary/aromatic N) is 1. The summed E-state index contributed by atoms with van der Waals surface area (Å²) in [4.78, 5) is 28.7. The number of allylic oxidation sites excluding steroid dienone is 2. The number of phenols is 1. The minimum Gasteiger partial charge on any atom is -0.507 e. The summed E-state index contributed by atoms with van der Waals surface area (Å²) in [6, 6.07) is 24.7. The van der Waals surface area contributed by atoms with E-state index in [1.807, 2.05) is 78.9 Å². The Labute approximate surface area is 235 Å². The topological polar surface area (TPSA) is 78.9 Å². The van der Waals surface area contributed by atoms with E-state index in [0.717, 1.165) is 35.4 Å². The molecule has 1 aliphatic carbocycles. The molecule has 0 spiro atoms. The third-order valence-electron chi connectivity index (χ3n) is 8.48. The molecule has 6 rings (SSSR count). The van der Waals surface area contributed by atoms with Crippen molar-refractivity contribution in [3.63, 3.8) is 0 Å². The van der Waals surface area contributed by atoms with Gasteiger partial charge in [0.15, 0.2) is 0 Å². The first-order valence-electron chi connectivity index (χ1n) is 14.0. The van der Waals surface area contributed by atoms with Crippen molar-refractivity contribution in [1.29, 1.82) is 0 Å². The van der Waals surface area contributed by atoms with Crippen LogP contribution < -0.4 is 10.2 Å². The van der Waals surface area contributed by atoms with Crippen LogP contribution in [0.15, 0.2) is 95.6 Å². The molecule has 6 nitrogen and oxygen atoms in total. The molecule has 2 aliphatic heterocycles. The van der Waals surface area contributed by atoms with Gasteiger partial charge in [0.1, 0.15) is 5.75 Å². The molecular weight excluding hydrogens is 500 g/mol. The van der Waals surface area contributed by atoms with Crippen LogP contribution in [0.4, 0.5) is 17.1 Å². The van der Waals surface area contributed by atoms with Crippen LogP contribution in [0.3, 0.4) is 0 Å². The quantitative estimate of drug-likeness (QED) is 0.256. The molecule has 40 heavy (non-hydrogen) atoms. The lowest BCUT2D eigenvalue weighted by Crippen LogP contribution is -2.34. The summed E-state index contributed by atoms with van der Waals surface area (Å²) in [5.74, 6) is -0.737. The summed E-state index contributed by atoms with van der Waals surface area (Å²) in [5, 5.41) is 13.4. The van der Waals surface area contributed by atoms with Gasteiger partial charge in [-0.15, -0.1) is 0 Å². The SMILES string of the molecule is CC1=C2[C@@H](CC/C(C)=C/c3ccccc3O)OC[C@@H]2[C@@H]2C(=O)N(c3ccc(Nc4ccccc4)cc3)C(=O)[C@@H]2C1. The lowest BCUT2D eigenvalue weighted by Gasteiger charge is -2.30. The highest BCUT2D eigenvalue weighted by Gasteiger charge is 2.56. The summed E-state index contributed by atoms with van der Waals surface area (Å²) < 4.78 is 6.27. The summed E-state index contributed by atoms with van der Waals surface area (Å²) >= 11 is 0. The number of aromatic hydroxyl groups is 1. The van der Waals surface area contributed by atoms with Crippen molar-refractivity contribution < 1.29 is 19.4 Å². The van der Waals surface area contributed by atoms with Gasteiger partial charge < -0.3 is 15.2 Å². The first-order chi connectivity index (χ1) is 19.4. The van der Waals surface area contributed by atoms with Crippen LogP contribution in [0, 0.1) is 17.8 Å². The Kier molecular flexibility index (Phi) is 7.03. The number of anilines is 3. The highest BCUT2D eigenvalue weighted by molar-refractivity contribution is 6.22. The van der Waals surface area contributed by atoms with Crippen molar-refractivity contribution in [3.05, 3.63) is 101 Å². The van der Waals surface area contributed by atoms with Crippen molar-refractivity contribution in [2.24, 2.45) is 17.8 Å². The highest BCUT2D eigenvalue weighted by atomic mass is 16.5. The summed E-state index contributed by atoms with van der Waals surface area (Å²) in [6.07, 6.45) is 4.17. The number of nitrogens with one attached hydrogen (secondary N) is 1. The molecule has 4 atom stereocenters. The van der Waals surface area contributed by atoms with Crippen molar-refractivity contribution in [1.82, 2.24) is 0 Å². The molecule has 3 aliphatic rings. The standard InChI is InChI=1S/C34H34N2O4/c1-21(18-23-8-6-7-11-29(23)37)12-17-30-31-22(2)19-27-32(28(31)20-40-30)34(39)36(33(27)38)26-15-13-25(14-16-26)35-24-9-4-3-5-10-24/h3-11,13-16,18,27-28,30,32,35,37H,12,17,19-20H2,1-2H3/b21-18+/t27-,28+,30-,32-/m1/s1. The maximum Gasteiger partial charge on any atom is 0.238 e. The number of para-hydroxylation sites is 2. The number of hydrogen-bond donors (Lipinski definition) is 2. The van der Waals surface area contributed by atoms with E-state index in [1.165, 1.54) is 16.0 Å². The fourth-order valence-corrected chi connectivity index (χ4v) is 6.57. The van der Waals surface area contributed by atoms with Crippen molar-refractivity contribution in [3.8, 4) is 5.75 Å². The Bertz CT molecular complexity index is 1490. The number of amides is 2. The zero-order chi connectivity index (χ0) is 27.8. The molecule has 3 aromatic carbocycles. The molecule has 2 heterocycles. The third kappa shape index (κ3) is 4.84. The fraction of sp³-hybridized carbons (Fsp3) is 0.294. The van der Waals surface area contributed by atoms with Crippen LogP contribution in [0.5, 0.6) is 5.75 Å². The normalized spacial score (nSPS) is 24.4. The molecule has 3 aromatic rings. The number of ether oxygens (including phenoxy) is 1. The summed E-state index contributed by atoms with van der Waals surface area (Å²) in [5.41, 5.74) is 6.84. The molecule has 2 fully saturated rings. The molecule has 2 N–H and O–H groups in total. The Morgan fingerprint density at radius 3 is 2.40 bits per heavy atom. The monoisotopic (exact) mass is 534 g/mol. The number of hydrogen-bond acceptors (Lipinski definition) is 5. The molecule has 0 unspecified atom stereocenters. The Hall–Kier alpha value is -4.16. The van der Waals surface area contributed by atoms with Crippen molar-refractivity contribution >= 4 is 35.0 Å². The molecule has 6 heteroatoms. The van der Waals surface area contributed by atoms with E-state index in [0.29, 0.717) is 18.7 Å². The minimum absolute atomic E-state index is 0.0565. The molecule has 204 valence electrons. The van der Waals surface area contributed by atoms with E-state index >= 15 is 0 Å². The number of phenolic OH excluding ortho intramolecular Hbond substituents is 1. The second-order valence-electron chi connectivity index (χ2n) is 11.1. The molecule has 2 saturated heterocycles. The van der Waals surface area contributed by atoms with Gasteiger partial charge in [0.25, 0.3) is 0 Å². The largest absolute Gasteiger partial charge is 0.507 e. The van der Waals surface area contributed by atoms with E-state index in [9.17, 15) is 14.7 Å². The Balaban J connectivity index is 1.16. The number of benzene rings is 3. The van der Waals surface area contributed by atoms with Crippen LogP contribution in [0.25, 0.3) is 6.08 Å². The van der Waals surface area contributed by atoms with Gasteiger partial charge >= 0.3 is 0 Å². The molecule has 0 radical (unpaired) electrons. The first kappa shape index (κ1) is 26.1. The van der Waals surface area contributed by atoms with Crippen molar-refractivity contribution in [2.75, 3.05) is 16.8 Å². The fourth-order valence-electron chi connectivity index (χ4n) is 6.57.